The highest BCUT2D eigenvalue weighted by molar-refractivity contribution is 5.90. The van der Waals surface area contributed by atoms with Crippen molar-refractivity contribution in [1.29, 1.82) is 0 Å². The number of carbonyl (C=O) groups is 2. The molecular weight excluding hydrogens is 793 g/mol. The van der Waals surface area contributed by atoms with E-state index in [2.05, 4.69) is 72.8 Å². The number of aliphatic hydroxyl groups is 1. The molecule has 4 unspecified atom stereocenters. The van der Waals surface area contributed by atoms with Crippen molar-refractivity contribution in [3.05, 3.63) is 158 Å². The number of benzene rings is 4. The molecule has 4 aromatic carbocycles. The molecule has 0 saturated heterocycles. The maximum atomic E-state index is 14.8. The van der Waals surface area contributed by atoms with Crippen LogP contribution in [0.25, 0.3) is 11.0 Å². The van der Waals surface area contributed by atoms with Crippen molar-refractivity contribution in [2.24, 2.45) is 11.8 Å². The van der Waals surface area contributed by atoms with Gasteiger partial charge in [0.2, 0.25) is 0 Å². The number of aryl methyl sites for hydroxylation is 2. The smallest absolute Gasteiger partial charge is 0.339 e. The lowest BCUT2D eigenvalue weighted by atomic mass is 9.71. The Morgan fingerprint density at radius 2 is 1.54 bits per heavy atom. The molecule has 0 spiro atoms. The van der Waals surface area contributed by atoms with Crippen LogP contribution in [0.5, 0.6) is 5.75 Å². The van der Waals surface area contributed by atoms with Gasteiger partial charge in [-0.2, -0.15) is 0 Å². The first-order valence-electron chi connectivity index (χ1n) is 22.8. The van der Waals surface area contributed by atoms with Gasteiger partial charge in [-0.25, -0.2) is 9.59 Å². The van der Waals surface area contributed by atoms with Gasteiger partial charge in [-0.15, -0.1) is 0 Å². The topological polar surface area (TPSA) is 122 Å². The predicted molar refractivity (Wildman–Crippen MR) is 243 cm³/mol. The number of hydrogen-bond donors (Lipinski definition) is 1. The van der Waals surface area contributed by atoms with E-state index in [1.807, 2.05) is 25.1 Å². The van der Waals surface area contributed by atoms with Crippen molar-refractivity contribution in [2.45, 2.75) is 115 Å². The molecule has 1 aliphatic carbocycles. The van der Waals surface area contributed by atoms with E-state index < -0.39 is 35.4 Å². The first-order chi connectivity index (χ1) is 30.6. The van der Waals surface area contributed by atoms with Gasteiger partial charge >= 0.3 is 17.6 Å². The Hall–Kier alpha value is -5.51. The summed E-state index contributed by atoms with van der Waals surface area (Å²) in [6.45, 7) is 3.74. The summed E-state index contributed by atoms with van der Waals surface area (Å²) < 4.78 is 31.9. The quantitative estimate of drug-likeness (QED) is 0.0832. The van der Waals surface area contributed by atoms with Crippen LogP contribution >= 0.6 is 0 Å². The van der Waals surface area contributed by atoms with Crippen LogP contribution in [0.4, 0.5) is 0 Å². The van der Waals surface area contributed by atoms with Crippen LogP contribution in [0, 0.1) is 11.8 Å². The molecule has 9 nitrogen and oxygen atoms in total. The molecule has 0 amide bonds. The summed E-state index contributed by atoms with van der Waals surface area (Å²) in [7, 11) is 1.58. The highest BCUT2D eigenvalue weighted by Crippen LogP contribution is 2.52. The molecule has 1 aromatic heterocycles. The first kappa shape index (κ1) is 44.1. The van der Waals surface area contributed by atoms with E-state index in [9.17, 15) is 19.5 Å². The minimum Gasteiger partial charge on any atom is -0.483 e. The molecule has 0 radical (unpaired) electrons. The molecule has 3 aliphatic heterocycles. The van der Waals surface area contributed by atoms with Gasteiger partial charge in [0.25, 0.3) is 0 Å². The lowest BCUT2D eigenvalue weighted by Crippen LogP contribution is -2.58. The molecule has 9 rings (SSSR count). The highest BCUT2D eigenvalue weighted by Gasteiger charge is 2.56. The molecule has 4 heterocycles. The first-order valence-corrected chi connectivity index (χ1v) is 22.8. The van der Waals surface area contributed by atoms with Gasteiger partial charge in [0.15, 0.2) is 12.2 Å². The SMILES string of the molecule is COCCc1cc2ccc3c(c2oc1=O)C1OC(=O)CC(CCc2cccc(Cc4ccccc4)c2)Cc2ccc(cc2)CCC(=C(C)CO)C(=O)OC1C(C)(C1CCCCC1)O3. The van der Waals surface area contributed by atoms with E-state index in [0.717, 1.165) is 62.5 Å². The van der Waals surface area contributed by atoms with E-state index in [0.29, 0.717) is 65.7 Å². The van der Waals surface area contributed by atoms with Crippen molar-refractivity contribution >= 4 is 22.9 Å². The van der Waals surface area contributed by atoms with E-state index in [1.165, 1.54) is 16.7 Å². The van der Waals surface area contributed by atoms with E-state index >= 15 is 0 Å². The number of hydrogen-bond acceptors (Lipinski definition) is 9. The number of aliphatic hydroxyl groups excluding tert-OH is 1. The Bertz CT molecular complexity index is 2480. The predicted octanol–water partition coefficient (Wildman–Crippen LogP) is 9.94. The summed E-state index contributed by atoms with van der Waals surface area (Å²) in [6.07, 6.45) is 6.89. The van der Waals surface area contributed by atoms with Crippen molar-refractivity contribution in [3.63, 3.8) is 0 Å². The second kappa shape index (κ2) is 19.9. The molecule has 4 aliphatic rings. The van der Waals surface area contributed by atoms with Crippen molar-refractivity contribution in [1.82, 2.24) is 0 Å². The largest absolute Gasteiger partial charge is 0.483 e. The minimum atomic E-state index is -1.16. The van der Waals surface area contributed by atoms with Crippen LogP contribution in [-0.2, 0) is 55.9 Å². The number of methoxy groups -OCH3 is 1. The zero-order chi connectivity index (χ0) is 43.9. The third kappa shape index (κ3) is 10.2. The third-order valence-electron chi connectivity index (χ3n) is 13.7. The van der Waals surface area contributed by atoms with Crippen LogP contribution in [-0.4, -0.2) is 49.1 Å². The summed E-state index contributed by atoms with van der Waals surface area (Å²) in [5.41, 5.74) is 6.18. The van der Waals surface area contributed by atoms with Gasteiger partial charge in [0.1, 0.15) is 16.9 Å². The molecule has 1 fully saturated rings. The van der Waals surface area contributed by atoms with E-state index in [4.69, 9.17) is 23.4 Å². The number of rotatable bonds is 10. The van der Waals surface area contributed by atoms with Crippen molar-refractivity contribution in [2.75, 3.05) is 20.3 Å². The fourth-order valence-electron chi connectivity index (χ4n) is 10.0. The van der Waals surface area contributed by atoms with Gasteiger partial charge in [0, 0.05) is 42.4 Å². The average molecular weight is 853 g/mol. The van der Waals surface area contributed by atoms with Gasteiger partial charge in [-0.3, -0.25) is 4.79 Å². The molecule has 63 heavy (non-hydrogen) atoms. The number of fused-ring (bicyclic) bond motifs is 13. The second-order valence-corrected chi connectivity index (χ2v) is 18.1. The van der Waals surface area contributed by atoms with Gasteiger partial charge in [-0.1, -0.05) is 98.1 Å². The summed E-state index contributed by atoms with van der Waals surface area (Å²) in [6, 6.07) is 33.0. The summed E-state index contributed by atoms with van der Waals surface area (Å²) in [5.74, 6) is -0.713. The Kier molecular flexibility index (Phi) is 13.9. The molecule has 5 aromatic rings. The fourth-order valence-corrected chi connectivity index (χ4v) is 10.0. The van der Waals surface area contributed by atoms with E-state index in [-0.39, 0.29) is 30.4 Å². The Labute approximate surface area is 370 Å². The van der Waals surface area contributed by atoms with Crippen molar-refractivity contribution < 1.29 is 38.1 Å². The summed E-state index contributed by atoms with van der Waals surface area (Å²) in [5, 5.41) is 11.0. The Morgan fingerprint density at radius 1 is 0.794 bits per heavy atom. The monoisotopic (exact) mass is 852 g/mol. The molecule has 330 valence electrons. The average Bonchev–Trinajstić information content (AvgIpc) is 3.29. The number of ether oxygens (including phenoxy) is 4. The van der Waals surface area contributed by atoms with Gasteiger partial charge < -0.3 is 28.5 Å². The molecular formula is C54H60O9. The fraction of sp³-hybridized carbons (Fsp3) is 0.426. The second-order valence-electron chi connectivity index (χ2n) is 18.1. The summed E-state index contributed by atoms with van der Waals surface area (Å²) in [4.78, 5) is 43.0. The highest BCUT2D eigenvalue weighted by atomic mass is 16.6. The Morgan fingerprint density at radius 3 is 2.30 bits per heavy atom. The normalized spacial score (nSPS) is 23.0. The number of carbonyl (C=O) groups excluding carboxylic acids is 2. The zero-order valence-corrected chi connectivity index (χ0v) is 36.9. The van der Waals surface area contributed by atoms with Gasteiger partial charge in [0.05, 0.1) is 18.8 Å². The molecule has 1 N–H and O–H groups in total. The van der Waals surface area contributed by atoms with Crippen LogP contribution in [0.1, 0.15) is 110 Å². The lowest BCUT2D eigenvalue weighted by molar-refractivity contribution is -0.201. The van der Waals surface area contributed by atoms with Gasteiger partial charge in [-0.05, 0) is 123 Å². The maximum Gasteiger partial charge on any atom is 0.339 e. The molecule has 4 atom stereocenters. The molecule has 2 bridgehead atoms. The Balaban J connectivity index is 1.20. The number of esters is 2. The van der Waals surface area contributed by atoms with Crippen molar-refractivity contribution in [3.8, 4) is 5.75 Å². The molecule has 1 saturated carbocycles. The summed E-state index contributed by atoms with van der Waals surface area (Å²) >= 11 is 0. The van der Waals surface area contributed by atoms with Crippen LogP contribution < -0.4 is 10.4 Å². The van der Waals surface area contributed by atoms with Crippen LogP contribution in [0.3, 0.4) is 0 Å². The third-order valence-corrected chi connectivity index (χ3v) is 13.7. The van der Waals surface area contributed by atoms with Crippen LogP contribution in [0.15, 0.2) is 117 Å². The zero-order valence-electron chi connectivity index (χ0n) is 36.9. The maximum absolute atomic E-state index is 14.8. The van der Waals surface area contributed by atoms with E-state index in [1.54, 1.807) is 20.1 Å². The van der Waals surface area contributed by atoms with Crippen LogP contribution in [0.2, 0.25) is 0 Å². The minimum absolute atomic E-state index is 0.0298. The molecule has 9 heteroatoms. The lowest BCUT2D eigenvalue weighted by Gasteiger charge is -2.49. The standard InChI is InChI=1S/C54H60O9/c1-35(34-55)45-25-23-36-17-19-39(20-18-36)31-41(22-21-38-13-10-14-40(30-38)29-37-11-6-4-7-12-37)32-47(56)60-50-48-46(26-24-42-33-43(27-28-59-3)52(57)61-49(42)48)63-54(2,51(50)62-53(45)58)44-15-8-5-9-16-44/h4,6-7,10-14,17-20,24,26,30,33,41,44,50-51,55H,5,8-9,15-16,21-23,25,27-29,31-32,34H2,1-3H3.